The molecule has 1 heterocycles. The topological polar surface area (TPSA) is 4.93 Å². The maximum absolute atomic E-state index is 13.4. The fourth-order valence-corrected chi connectivity index (χ4v) is 1.72. The van der Waals surface area contributed by atoms with Crippen molar-refractivity contribution in [2.75, 3.05) is 0 Å². The highest BCUT2D eigenvalue weighted by molar-refractivity contribution is 5.80. The van der Waals surface area contributed by atoms with Crippen LogP contribution in [0.5, 0.6) is 0 Å². The highest BCUT2D eigenvalue weighted by Gasteiger charge is 2.05. The number of halogens is 1. The van der Waals surface area contributed by atoms with Crippen molar-refractivity contribution in [2.45, 2.75) is 26.3 Å². The first-order valence-corrected chi connectivity index (χ1v) is 5.06. The van der Waals surface area contributed by atoms with Crippen molar-refractivity contribution in [3.63, 3.8) is 0 Å². The van der Waals surface area contributed by atoms with Gasteiger partial charge in [0.15, 0.2) is 0 Å². The molecule has 1 aromatic heterocycles. The standard InChI is InChI=1S/C12H14FN/c1-2-3-8-14-9-11(13)10-6-4-5-7-12(10)14/h4-7,9H,2-3,8H2,1H3. The van der Waals surface area contributed by atoms with Crippen molar-refractivity contribution in [2.24, 2.45) is 0 Å². The average Bonchev–Trinajstić information content (AvgIpc) is 2.54. The van der Waals surface area contributed by atoms with Gasteiger partial charge < -0.3 is 4.57 Å². The Kier molecular flexibility index (Phi) is 2.53. The summed E-state index contributed by atoms with van der Waals surface area (Å²) in [5.41, 5.74) is 0.999. The molecule has 1 aromatic carbocycles. The molecular formula is C12H14FN. The van der Waals surface area contributed by atoms with E-state index in [2.05, 4.69) is 6.92 Å². The maximum atomic E-state index is 13.4. The first-order chi connectivity index (χ1) is 6.83. The number of unbranched alkanes of at least 4 members (excludes halogenated alkanes) is 1. The number of aryl methyl sites for hydroxylation is 1. The Bertz CT molecular complexity index is 431. The minimum Gasteiger partial charge on any atom is -0.344 e. The van der Waals surface area contributed by atoms with Crippen molar-refractivity contribution in [3.05, 3.63) is 36.3 Å². The SMILES string of the molecule is CCCCn1cc(F)c2ccccc21. The normalized spacial score (nSPS) is 11.0. The summed E-state index contributed by atoms with van der Waals surface area (Å²) in [6, 6.07) is 7.61. The number of para-hydroxylation sites is 1. The Morgan fingerprint density at radius 3 is 2.86 bits per heavy atom. The van der Waals surface area contributed by atoms with Crippen LogP contribution < -0.4 is 0 Å². The van der Waals surface area contributed by atoms with Crippen LogP contribution in [0.3, 0.4) is 0 Å². The van der Waals surface area contributed by atoms with Gasteiger partial charge in [0.05, 0.1) is 5.52 Å². The van der Waals surface area contributed by atoms with Crippen LogP contribution in [0.1, 0.15) is 19.8 Å². The van der Waals surface area contributed by atoms with Crippen LogP contribution >= 0.6 is 0 Å². The van der Waals surface area contributed by atoms with Gasteiger partial charge in [0.25, 0.3) is 0 Å². The molecule has 2 rings (SSSR count). The molecule has 0 saturated heterocycles. The molecule has 2 aromatic rings. The Balaban J connectivity index is 2.44. The smallest absolute Gasteiger partial charge is 0.148 e. The van der Waals surface area contributed by atoms with Gasteiger partial charge in [0.2, 0.25) is 0 Å². The van der Waals surface area contributed by atoms with Crippen LogP contribution in [-0.4, -0.2) is 4.57 Å². The fourth-order valence-electron chi connectivity index (χ4n) is 1.72. The van der Waals surface area contributed by atoms with Crippen molar-refractivity contribution in [1.82, 2.24) is 4.57 Å². The number of nitrogens with zero attached hydrogens (tertiary/aromatic N) is 1. The van der Waals surface area contributed by atoms with Crippen LogP contribution in [0, 0.1) is 5.82 Å². The zero-order valence-electron chi connectivity index (χ0n) is 8.33. The second kappa shape index (κ2) is 3.82. The third-order valence-corrected chi connectivity index (χ3v) is 2.49. The summed E-state index contributed by atoms with van der Waals surface area (Å²) in [5.74, 6) is -0.114. The van der Waals surface area contributed by atoms with E-state index in [0.717, 1.165) is 30.3 Å². The third kappa shape index (κ3) is 1.52. The quantitative estimate of drug-likeness (QED) is 0.698. The molecule has 74 valence electrons. The molecule has 0 saturated carbocycles. The average molecular weight is 191 g/mol. The third-order valence-electron chi connectivity index (χ3n) is 2.49. The first kappa shape index (κ1) is 9.25. The summed E-state index contributed by atoms with van der Waals surface area (Å²) < 4.78 is 15.4. The number of rotatable bonds is 3. The highest BCUT2D eigenvalue weighted by Crippen LogP contribution is 2.19. The molecule has 0 amide bonds. The molecule has 14 heavy (non-hydrogen) atoms. The van der Waals surface area contributed by atoms with Gasteiger partial charge in [-0.2, -0.15) is 0 Å². The van der Waals surface area contributed by atoms with E-state index in [1.165, 1.54) is 0 Å². The monoisotopic (exact) mass is 191 g/mol. The Hall–Kier alpha value is -1.31. The van der Waals surface area contributed by atoms with E-state index in [9.17, 15) is 4.39 Å². The number of fused-ring (bicyclic) bond motifs is 1. The lowest BCUT2D eigenvalue weighted by Gasteiger charge is -2.02. The summed E-state index contributed by atoms with van der Waals surface area (Å²) in [6.45, 7) is 3.04. The number of hydrogen-bond acceptors (Lipinski definition) is 0. The van der Waals surface area contributed by atoms with Gasteiger partial charge in [-0.3, -0.25) is 0 Å². The number of benzene rings is 1. The summed E-state index contributed by atoms with van der Waals surface area (Å²) in [6.07, 6.45) is 3.83. The van der Waals surface area contributed by atoms with Crippen LogP contribution in [0.4, 0.5) is 4.39 Å². The summed E-state index contributed by atoms with van der Waals surface area (Å²) >= 11 is 0. The molecule has 0 bridgehead atoms. The zero-order chi connectivity index (χ0) is 9.97. The van der Waals surface area contributed by atoms with Gasteiger partial charge in [-0.15, -0.1) is 0 Å². The highest BCUT2D eigenvalue weighted by atomic mass is 19.1. The lowest BCUT2D eigenvalue weighted by Crippen LogP contribution is -1.94. The van der Waals surface area contributed by atoms with Gasteiger partial charge in [-0.25, -0.2) is 4.39 Å². The molecule has 0 atom stereocenters. The molecular weight excluding hydrogens is 177 g/mol. The Morgan fingerprint density at radius 2 is 2.07 bits per heavy atom. The summed E-state index contributed by atoms with van der Waals surface area (Å²) in [5, 5.41) is 0.726. The van der Waals surface area contributed by atoms with Gasteiger partial charge in [-0.05, 0) is 18.6 Å². The molecule has 0 aliphatic heterocycles. The zero-order valence-corrected chi connectivity index (χ0v) is 8.33. The van der Waals surface area contributed by atoms with Crippen LogP contribution in [-0.2, 0) is 6.54 Å². The second-order valence-corrected chi connectivity index (χ2v) is 3.54. The summed E-state index contributed by atoms with van der Waals surface area (Å²) in [7, 11) is 0. The Labute approximate surface area is 83.2 Å². The summed E-state index contributed by atoms with van der Waals surface area (Å²) in [4.78, 5) is 0. The minimum atomic E-state index is -0.114. The molecule has 0 fully saturated rings. The molecule has 0 radical (unpaired) electrons. The van der Waals surface area contributed by atoms with E-state index < -0.39 is 0 Å². The van der Waals surface area contributed by atoms with E-state index in [1.54, 1.807) is 6.20 Å². The van der Waals surface area contributed by atoms with Gasteiger partial charge in [0, 0.05) is 18.1 Å². The van der Waals surface area contributed by atoms with E-state index in [1.807, 2.05) is 28.8 Å². The van der Waals surface area contributed by atoms with Crippen molar-refractivity contribution in [3.8, 4) is 0 Å². The molecule has 1 nitrogen and oxygen atoms in total. The fraction of sp³-hybridized carbons (Fsp3) is 0.333. The maximum Gasteiger partial charge on any atom is 0.148 e. The van der Waals surface area contributed by atoms with E-state index in [0.29, 0.717) is 0 Å². The number of hydrogen-bond donors (Lipinski definition) is 0. The lowest BCUT2D eigenvalue weighted by atomic mass is 10.2. The van der Waals surface area contributed by atoms with Crippen LogP contribution in [0.15, 0.2) is 30.5 Å². The Morgan fingerprint density at radius 1 is 1.29 bits per heavy atom. The number of aromatic nitrogens is 1. The molecule has 0 aliphatic rings. The largest absolute Gasteiger partial charge is 0.344 e. The second-order valence-electron chi connectivity index (χ2n) is 3.54. The van der Waals surface area contributed by atoms with Crippen molar-refractivity contribution < 1.29 is 4.39 Å². The predicted molar refractivity (Wildman–Crippen MR) is 56.8 cm³/mol. The van der Waals surface area contributed by atoms with Crippen molar-refractivity contribution >= 4 is 10.9 Å². The predicted octanol–water partition coefficient (Wildman–Crippen LogP) is 3.58. The molecule has 2 heteroatoms. The van der Waals surface area contributed by atoms with E-state index >= 15 is 0 Å². The molecule has 0 aliphatic carbocycles. The van der Waals surface area contributed by atoms with Gasteiger partial charge in [0.1, 0.15) is 5.82 Å². The van der Waals surface area contributed by atoms with Crippen LogP contribution in [0.25, 0.3) is 10.9 Å². The molecule has 0 unspecified atom stereocenters. The van der Waals surface area contributed by atoms with E-state index in [-0.39, 0.29) is 5.82 Å². The molecule has 0 N–H and O–H groups in total. The van der Waals surface area contributed by atoms with E-state index in [4.69, 9.17) is 0 Å². The minimum absolute atomic E-state index is 0.114. The lowest BCUT2D eigenvalue weighted by molar-refractivity contribution is 0.606. The van der Waals surface area contributed by atoms with Crippen LogP contribution in [0.2, 0.25) is 0 Å². The first-order valence-electron chi connectivity index (χ1n) is 5.06. The molecule has 0 spiro atoms. The van der Waals surface area contributed by atoms with Crippen molar-refractivity contribution in [1.29, 1.82) is 0 Å². The van der Waals surface area contributed by atoms with Gasteiger partial charge in [-0.1, -0.05) is 25.5 Å². The van der Waals surface area contributed by atoms with Gasteiger partial charge >= 0.3 is 0 Å².